The van der Waals surface area contributed by atoms with Crippen LogP contribution in [0.2, 0.25) is 0 Å². The van der Waals surface area contributed by atoms with Crippen molar-refractivity contribution in [2.75, 3.05) is 10.5 Å². The number of benzene rings is 2. The molecule has 34 heavy (non-hydrogen) atoms. The minimum Gasteiger partial charge on any atom is -0.449 e. The molecule has 0 aliphatic heterocycles. The van der Waals surface area contributed by atoms with Crippen molar-refractivity contribution < 1.29 is 22.7 Å². The zero-order valence-electron chi connectivity index (χ0n) is 19.4. The van der Waals surface area contributed by atoms with E-state index in [1.165, 1.54) is 56.5 Å². The minimum absolute atomic E-state index is 0.00998. The Bertz CT molecular complexity index is 1180. The fourth-order valence-electron chi connectivity index (χ4n) is 5.27. The van der Waals surface area contributed by atoms with Gasteiger partial charge in [-0.3, -0.25) is 9.52 Å². The molecule has 4 rings (SSSR count). The Labute approximate surface area is 200 Å². The largest absolute Gasteiger partial charge is 0.449 e. The van der Waals surface area contributed by atoms with Gasteiger partial charge in [0, 0.05) is 11.7 Å². The van der Waals surface area contributed by atoms with Gasteiger partial charge in [-0.05, 0) is 81.2 Å². The molecule has 5 atom stereocenters. The lowest BCUT2D eigenvalue weighted by Gasteiger charge is -2.29. The first-order valence-corrected chi connectivity index (χ1v) is 13.1. The minimum atomic E-state index is -3.98. The second kappa shape index (κ2) is 9.66. The molecular formula is C25H31N3O5S. The molecule has 2 aromatic carbocycles. The zero-order chi connectivity index (χ0) is 24.5. The van der Waals surface area contributed by atoms with Gasteiger partial charge in [0.15, 0.2) is 6.10 Å². The van der Waals surface area contributed by atoms with Gasteiger partial charge < -0.3 is 15.8 Å². The second-order valence-electron chi connectivity index (χ2n) is 9.41. The van der Waals surface area contributed by atoms with Crippen LogP contribution in [0.4, 0.5) is 11.4 Å². The molecule has 5 unspecified atom stereocenters. The Morgan fingerprint density at radius 3 is 2.50 bits per heavy atom. The number of fused-ring (bicyclic) bond motifs is 2. The number of sulfonamides is 1. The number of nitrogens with one attached hydrogen (secondary N) is 2. The molecule has 0 radical (unpaired) electrons. The Morgan fingerprint density at radius 1 is 1.06 bits per heavy atom. The number of rotatable bonds is 8. The van der Waals surface area contributed by atoms with Gasteiger partial charge >= 0.3 is 5.97 Å². The first kappa shape index (κ1) is 24.1. The summed E-state index contributed by atoms with van der Waals surface area (Å²) in [5.74, 6) is 0.755. The van der Waals surface area contributed by atoms with Crippen molar-refractivity contribution in [2.24, 2.45) is 17.8 Å². The summed E-state index contributed by atoms with van der Waals surface area (Å²) in [5.41, 5.74) is 6.06. The van der Waals surface area contributed by atoms with Crippen LogP contribution in [0.3, 0.4) is 0 Å². The van der Waals surface area contributed by atoms with Gasteiger partial charge in [-0.25, -0.2) is 13.2 Å². The molecule has 182 valence electrons. The standard InChI is InChI=1S/C25H31N3O5S/c1-15(22-13-17-10-11-18(22)12-17)27-24(29)16(2)33-25(30)21-8-3-4-9-23(21)28-34(31,32)20-7-5-6-19(26)14-20/h3-9,14-18,22,28H,10-13,26H2,1-2H3,(H,27,29). The lowest BCUT2D eigenvalue weighted by Crippen LogP contribution is -2.45. The first-order chi connectivity index (χ1) is 16.1. The van der Waals surface area contributed by atoms with Gasteiger partial charge in [0.2, 0.25) is 0 Å². The normalized spacial score (nSPS) is 23.2. The van der Waals surface area contributed by atoms with Crippen LogP contribution in [-0.2, 0) is 19.6 Å². The molecule has 0 spiro atoms. The van der Waals surface area contributed by atoms with Crippen molar-refractivity contribution in [1.29, 1.82) is 0 Å². The molecule has 2 fully saturated rings. The summed E-state index contributed by atoms with van der Waals surface area (Å²) in [6, 6.07) is 12.0. The predicted octanol–water partition coefficient (Wildman–Crippen LogP) is 3.56. The third-order valence-electron chi connectivity index (χ3n) is 7.02. The van der Waals surface area contributed by atoms with Gasteiger partial charge in [0.1, 0.15) is 0 Å². The summed E-state index contributed by atoms with van der Waals surface area (Å²) in [6.07, 6.45) is 3.88. The van der Waals surface area contributed by atoms with E-state index in [4.69, 9.17) is 10.5 Å². The number of hydrogen-bond donors (Lipinski definition) is 3. The summed E-state index contributed by atoms with van der Waals surface area (Å²) in [5, 5.41) is 3.00. The van der Waals surface area contributed by atoms with Crippen molar-refractivity contribution in [2.45, 2.75) is 56.6 Å². The quantitative estimate of drug-likeness (QED) is 0.388. The van der Waals surface area contributed by atoms with Crippen LogP contribution >= 0.6 is 0 Å². The molecule has 8 nitrogen and oxygen atoms in total. The zero-order valence-corrected chi connectivity index (χ0v) is 20.2. The van der Waals surface area contributed by atoms with E-state index in [9.17, 15) is 18.0 Å². The molecule has 9 heteroatoms. The highest BCUT2D eigenvalue weighted by Crippen LogP contribution is 2.49. The maximum absolute atomic E-state index is 12.8. The molecule has 2 aliphatic carbocycles. The van der Waals surface area contributed by atoms with Gasteiger partial charge in [-0.15, -0.1) is 0 Å². The van der Waals surface area contributed by atoms with Crippen LogP contribution < -0.4 is 15.8 Å². The van der Waals surface area contributed by atoms with E-state index in [0.29, 0.717) is 17.5 Å². The number of ether oxygens (including phenoxy) is 1. The topological polar surface area (TPSA) is 128 Å². The number of esters is 1. The summed E-state index contributed by atoms with van der Waals surface area (Å²) in [6.45, 7) is 3.53. The van der Waals surface area contributed by atoms with Crippen molar-refractivity contribution in [3.05, 3.63) is 54.1 Å². The Kier molecular flexibility index (Phi) is 6.84. The fourth-order valence-corrected chi connectivity index (χ4v) is 6.40. The molecule has 0 saturated heterocycles. The van der Waals surface area contributed by atoms with Crippen LogP contribution in [-0.4, -0.2) is 32.4 Å². The Hall–Kier alpha value is -3.07. The van der Waals surface area contributed by atoms with Crippen LogP contribution in [0, 0.1) is 17.8 Å². The molecule has 0 heterocycles. The summed E-state index contributed by atoms with van der Waals surface area (Å²) in [4.78, 5) is 25.5. The summed E-state index contributed by atoms with van der Waals surface area (Å²) < 4.78 is 33.4. The first-order valence-electron chi connectivity index (χ1n) is 11.6. The monoisotopic (exact) mass is 485 g/mol. The van der Waals surface area contributed by atoms with Crippen molar-refractivity contribution >= 4 is 33.3 Å². The third kappa shape index (κ3) is 5.19. The lowest BCUT2D eigenvalue weighted by atomic mass is 9.84. The van der Waals surface area contributed by atoms with Crippen molar-refractivity contribution in [1.82, 2.24) is 5.32 Å². The number of para-hydroxylation sites is 1. The Morgan fingerprint density at radius 2 is 1.82 bits per heavy atom. The highest BCUT2D eigenvalue weighted by molar-refractivity contribution is 7.92. The predicted molar refractivity (Wildman–Crippen MR) is 130 cm³/mol. The van der Waals surface area contributed by atoms with E-state index < -0.39 is 22.1 Å². The number of amides is 1. The fraction of sp³-hybridized carbons (Fsp3) is 0.440. The smallest absolute Gasteiger partial charge is 0.341 e. The van der Waals surface area contributed by atoms with Gasteiger partial charge in [-0.1, -0.05) is 24.6 Å². The molecular weight excluding hydrogens is 454 g/mol. The van der Waals surface area contributed by atoms with E-state index in [0.717, 1.165) is 12.3 Å². The van der Waals surface area contributed by atoms with Gasteiger partial charge in [0.05, 0.1) is 16.1 Å². The lowest BCUT2D eigenvalue weighted by molar-refractivity contribution is -0.130. The third-order valence-corrected chi connectivity index (χ3v) is 8.38. The number of hydrogen-bond acceptors (Lipinski definition) is 6. The summed E-state index contributed by atoms with van der Waals surface area (Å²) in [7, 11) is -3.98. The second-order valence-corrected chi connectivity index (χ2v) is 11.1. The van der Waals surface area contributed by atoms with Crippen molar-refractivity contribution in [3.63, 3.8) is 0 Å². The average molecular weight is 486 g/mol. The van der Waals surface area contributed by atoms with Crippen LogP contribution in [0.1, 0.15) is 49.9 Å². The summed E-state index contributed by atoms with van der Waals surface area (Å²) >= 11 is 0. The van der Waals surface area contributed by atoms with Crippen LogP contribution in [0.25, 0.3) is 0 Å². The van der Waals surface area contributed by atoms with E-state index in [1.807, 2.05) is 6.92 Å². The molecule has 2 aliphatic rings. The Balaban J connectivity index is 1.40. The molecule has 4 N–H and O–H groups in total. The van der Waals surface area contributed by atoms with Crippen LogP contribution in [0.5, 0.6) is 0 Å². The van der Waals surface area contributed by atoms with Crippen LogP contribution in [0.15, 0.2) is 53.4 Å². The number of anilines is 2. The SMILES string of the molecule is CC(OC(=O)c1ccccc1NS(=O)(=O)c1cccc(N)c1)C(=O)NC(C)C1CC2CCC1C2. The maximum Gasteiger partial charge on any atom is 0.341 e. The van der Waals surface area contributed by atoms with E-state index in [1.54, 1.807) is 18.2 Å². The number of carbonyl (C=O) groups is 2. The number of nitrogen functional groups attached to an aromatic ring is 1. The van der Waals surface area contributed by atoms with E-state index in [-0.39, 0.29) is 28.1 Å². The molecule has 1 amide bonds. The maximum atomic E-state index is 12.8. The van der Waals surface area contributed by atoms with E-state index in [2.05, 4.69) is 10.0 Å². The number of nitrogens with two attached hydrogens (primary N) is 1. The molecule has 0 aromatic heterocycles. The van der Waals surface area contributed by atoms with E-state index >= 15 is 0 Å². The highest BCUT2D eigenvalue weighted by atomic mass is 32.2. The van der Waals surface area contributed by atoms with Crippen molar-refractivity contribution in [3.8, 4) is 0 Å². The van der Waals surface area contributed by atoms with Gasteiger partial charge in [-0.2, -0.15) is 0 Å². The molecule has 2 aromatic rings. The molecule has 2 saturated carbocycles. The highest BCUT2D eigenvalue weighted by Gasteiger charge is 2.42. The number of carbonyl (C=O) groups excluding carboxylic acids is 2. The average Bonchev–Trinajstić information content (AvgIpc) is 3.43. The van der Waals surface area contributed by atoms with Gasteiger partial charge in [0.25, 0.3) is 15.9 Å². The molecule has 2 bridgehead atoms.